The van der Waals surface area contributed by atoms with E-state index in [-0.39, 0.29) is 11.7 Å². The SMILES string of the molecule is CN1CCN(c2ccccc2NC(=O)CSc2nc(-c3ccccc3)c(-c3ccccc3)o2)CC1. The van der Waals surface area contributed by atoms with Crippen molar-refractivity contribution in [2.45, 2.75) is 5.22 Å². The van der Waals surface area contributed by atoms with Crippen LogP contribution in [0.2, 0.25) is 0 Å². The number of piperazine rings is 1. The summed E-state index contributed by atoms with van der Waals surface area (Å²) in [6.45, 7) is 3.91. The average Bonchev–Trinajstić information content (AvgIpc) is 3.34. The first-order valence-corrected chi connectivity index (χ1v) is 12.7. The van der Waals surface area contributed by atoms with Crippen LogP contribution >= 0.6 is 11.8 Å². The highest BCUT2D eigenvalue weighted by atomic mass is 32.2. The highest BCUT2D eigenvalue weighted by Crippen LogP contribution is 2.35. The van der Waals surface area contributed by atoms with E-state index in [9.17, 15) is 4.79 Å². The first-order valence-electron chi connectivity index (χ1n) is 11.7. The molecule has 1 saturated heterocycles. The number of amides is 1. The van der Waals surface area contributed by atoms with Crippen LogP contribution in [0.4, 0.5) is 11.4 Å². The standard InChI is InChI=1S/C28H28N4O2S/c1-31-16-18-32(19-17-31)24-15-9-8-14-23(24)29-25(33)20-35-28-30-26(21-10-4-2-5-11-21)27(34-28)22-12-6-3-7-13-22/h2-15H,16-20H2,1H3,(H,29,33). The van der Waals surface area contributed by atoms with Gasteiger partial charge in [0.1, 0.15) is 5.69 Å². The van der Waals surface area contributed by atoms with Gasteiger partial charge in [-0.2, -0.15) is 0 Å². The van der Waals surface area contributed by atoms with E-state index in [2.05, 4.69) is 28.2 Å². The lowest BCUT2D eigenvalue weighted by atomic mass is 10.1. The van der Waals surface area contributed by atoms with Crippen LogP contribution in [0, 0.1) is 0 Å². The van der Waals surface area contributed by atoms with Gasteiger partial charge in [0.2, 0.25) is 5.91 Å². The highest BCUT2D eigenvalue weighted by Gasteiger charge is 2.20. The van der Waals surface area contributed by atoms with Gasteiger partial charge in [-0.1, -0.05) is 84.6 Å². The number of anilines is 2. The Kier molecular flexibility index (Phi) is 7.16. The molecule has 0 unspecified atom stereocenters. The molecule has 1 aliphatic rings. The molecule has 35 heavy (non-hydrogen) atoms. The maximum atomic E-state index is 12.9. The molecule has 1 aromatic heterocycles. The number of benzene rings is 3. The summed E-state index contributed by atoms with van der Waals surface area (Å²) in [7, 11) is 2.14. The number of carbonyl (C=O) groups is 1. The van der Waals surface area contributed by atoms with E-state index in [1.165, 1.54) is 11.8 Å². The Labute approximate surface area is 210 Å². The van der Waals surface area contributed by atoms with E-state index in [0.717, 1.165) is 54.4 Å². The van der Waals surface area contributed by atoms with Gasteiger partial charge >= 0.3 is 0 Å². The van der Waals surface area contributed by atoms with Gasteiger partial charge in [-0.3, -0.25) is 4.79 Å². The summed E-state index contributed by atoms with van der Waals surface area (Å²) >= 11 is 1.30. The van der Waals surface area contributed by atoms with Crippen LogP contribution in [0.1, 0.15) is 0 Å². The fourth-order valence-corrected chi connectivity index (χ4v) is 4.78. The van der Waals surface area contributed by atoms with Crippen molar-refractivity contribution in [3.05, 3.63) is 84.9 Å². The van der Waals surface area contributed by atoms with Gasteiger partial charge in [0.25, 0.3) is 5.22 Å². The van der Waals surface area contributed by atoms with Gasteiger partial charge in [-0.25, -0.2) is 4.98 Å². The molecule has 0 saturated carbocycles. The summed E-state index contributed by atoms with van der Waals surface area (Å²) < 4.78 is 6.14. The number of nitrogens with one attached hydrogen (secondary N) is 1. The second-order valence-electron chi connectivity index (χ2n) is 8.53. The normalized spacial score (nSPS) is 14.1. The molecule has 1 N–H and O–H groups in total. The summed E-state index contributed by atoms with van der Waals surface area (Å²) in [4.78, 5) is 22.3. The van der Waals surface area contributed by atoms with Crippen molar-refractivity contribution in [2.75, 3.05) is 49.2 Å². The zero-order chi connectivity index (χ0) is 24.0. The Balaban J connectivity index is 1.30. The number of thioether (sulfide) groups is 1. The molecule has 5 rings (SSSR count). The third-order valence-electron chi connectivity index (χ3n) is 6.04. The molecule has 0 bridgehead atoms. The summed E-state index contributed by atoms with van der Waals surface area (Å²) in [6, 6.07) is 27.9. The molecular formula is C28H28N4O2S. The molecular weight excluding hydrogens is 456 g/mol. The van der Waals surface area contributed by atoms with Crippen LogP contribution in [0.15, 0.2) is 94.6 Å². The molecule has 0 atom stereocenters. The lowest BCUT2D eigenvalue weighted by molar-refractivity contribution is -0.113. The number of carbonyl (C=O) groups excluding carboxylic acids is 1. The summed E-state index contributed by atoms with van der Waals surface area (Å²) in [5.74, 6) is 0.831. The van der Waals surface area contributed by atoms with Crippen molar-refractivity contribution in [3.8, 4) is 22.6 Å². The topological polar surface area (TPSA) is 61.6 Å². The Morgan fingerprint density at radius 2 is 1.51 bits per heavy atom. The van der Waals surface area contributed by atoms with E-state index < -0.39 is 0 Å². The smallest absolute Gasteiger partial charge is 0.257 e. The molecule has 7 heteroatoms. The van der Waals surface area contributed by atoms with E-state index in [1.54, 1.807) is 0 Å². The monoisotopic (exact) mass is 484 g/mol. The molecule has 178 valence electrons. The van der Waals surface area contributed by atoms with E-state index in [1.807, 2.05) is 78.9 Å². The summed E-state index contributed by atoms with van der Waals surface area (Å²) in [5.41, 5.74) is 4.61. The van der Waals surface area contributed by atoms with Crippen LogP contribution < -0.4 is 10.2 Å². The predicted octanol–water partition coefficient (Wildman–Crippen LogP) is 5.49. The average molecular weight is 485 g/mol. The van der Waals surface area contributed by atoms with Crippen molar-refractivity contribution in [3.63, 3.8) is 0 Å². The molecule has 0 spiro atoms. The van der Waals surface area contributed by atoms with Crippen molar-refractivity contribution in [2.24, 2.45) is 0 Å². The van der Waals surface area contributed by atoms with Gasteiger partial charge in [0.05, 0.1) is 17.1 Å². The second kappa shape index (κ2) is 10.8. The molecule has 1 aliphatic heterocycles. The number of oxazole rings is 1. The minimum Gasteiger partial charge on any atom is -0.431 e. The van der Waals surface area contributed by atoms with Crippen LogP contribution in [-0.4, -0.2) is 54.8 Å². The minimum absolute atomic E-state index is 0.0858. The number of para-hydroxylation sites is 2. The Morgan fingerprint density at radius 1 is 0.886 bits per heavy atom. The quantitative estimate of drug-likeness (QED) is 0.350. The molecule has 4 aromatic rings. The lowest BCUT2D eigenvalue weighted by Gasteiger charge is -2.35. The highest BCUT2D eigenvalue weighted by molar-refractivity contribution is 7.99. The number of aromatic nitrogens is 1. The van der Waals surface area contributed by atoms with E-state index in [0.29, 0.717) is 11.0 Å². The van der Waals surface area contributed by atoms with Gasteiger partial charge in [0, 0.05) is 37.3 Å². The molecule has 1 fully saturated rings. The number of hydrogen-bond donors (Lipinski definition) is 1. The zero-order valence-electron chi connectivity index (χ0n) is 19.7. The van der Waals surface area contributed by atoms with Crippen molar-refractivity contribution >= 4 is 29.0 Å². The van der Waals surface area contributed by atoms with Crippen molar-refractivity contribution < 1.29 is 9.21 Å². The molecule has 0 aliphatic carbocycles. The summed E-state index contributed by atoms with van der Waals surface area (Å²) in [6.07, 6.45) is 0. The van der Waals surface area contributed by atoms with Crippen LogP contribution in [0.3, 0.4) is 0 Å². The Hall–Kier alpha value is -3.55. The Bertz CT molecular complexity index is 1210. The maximum Gasteiger partial charge on any atom is 0.257 e. The second-order valence-corrected chi connectivity index (χ2v) is 9.46. The zero-order valence-corrected chi connectivity index (χ0v) is 20.5. The van der Waals surface area contributed by atoms with Crippen LogP contribution in [0.25, 0.3) is 22.6 Å². The van der Waals surface area contributed by atoms with Crippen molar-refractivity contribution in [1.29, 1.82) is 0 Å². The molecule has 2 heterocycles. The van der Waals surface area contributed by atoms with Gasteiger partial charge < -0.3 is 19.5 Å². The predicted molar refractivity (Wildman–Crippen MR) is 143 cm³/mol. The molecule has 6 nitrogen and oxygen atoms in total. The summed E-state index contributed by atoms with van der Waals surface area (Å²) in [5, 5.41) is 3.57. The van der Waals surface area contributed by atoms with Crippen LogP contribution in [0.5, 0.6) is 0 Å². The Morgan fingerprint density at radius 3 is 2.23 bits per heavy atom. The number of rotatable bonds is 7. The fraction of sp³-hybridized carbons (Fsp3) is 0.214. The molecule has 1 amide bonds. The van der Waals surface area contributed by atoms with Gasteiger partial charge in [0.15, 0.2) is 5.76 Å². The number of likely N-dealkylation sites (N-methyl/N-ethyl adjacent to an activating group) is 1. The third-order valence-corrected chi connectivity index (χ3v) is 6.87. The number of hydrogen-bond acceptors (Lipinski definition) is 6. The largest absolute Gasteiger partial charge is 0.431 e. The van der Waals surface area contributed by atoms with Crippen LogP contribution in [-0.2, 0) is 4.79 Å². The minimum atomic E-state index is -0.0858. The van der Waals surface area contributed by atoms with Gasteiger partial charge in [-0.15, -0.1) is 0 Å². The molecule has 0 radical (unpaired) electrons. The first kappa shape index (κ1) is 23.2. The fourth-order valence-electron chi connectivity index (χ4n) is 4.16. The van der Waals surface area contributed by atoms with E-state index >= 15 is 0 Å². The third kappa shape index (κ3) is 5.58. The lowest BCUT2D eigenvalue weighted by Crippen LogP contribution is -2.44. The van der Waals surface area contributed by atoms with Crippen molar-refractivity contribution in [1.82, 2.24) is 9.88 Å². The number of nitrogens with zero attached hydrogens (tertiary/aromatic N) is 3. The maximum absolute atomic E-state index is 12.9. The van der Waals surface area contributed by atoms with Gasteiger partial charge in [-0.05, 0) is 19.2 Å². The van der Waals surface area contributed by atoms with E-state index in [4.69, 9.17) is 9.40 Å². The first-order chi connectivity index (χ1) is 17.2. The molecule has 3 aromatic carbocycles.